The largest absolute Gasteiger partial charge is 0.390 e. The molecular weight excluding hydrogens is 437 g/mol. The highest BCUT2D eigenvalue weighted by atomic mass is 19.1. The van der Waals surface area contributed by atoms with Crippen molar-refractivity contribution in [3.05, 3.63) is 42.4 Å². The molecule has 9 nitrogen and oxygen atoms in total. The molecule has 2 fully saturated rings. The van der Waals surface area contributed by atoms with E-state index in [1.165, 1.54) is 13.8 Å². The number of alkyl halides is 1. The Morgan fingerprint density at radius 1 is 1.21 bits per heavy atom. The van der Waals surface area contributed by atoms with E-state index in [0.717, 1.165) is 49.0 Å². The molecular formula is C24H32FN7O2. The van der Waals surface area contributed by atoms with Crippen LogP contribution < -0.4 is 16.0 Å². The number of hydrogen-bond donors (Lipinski definition) is 5. The van der Waals surface area contributed by atoms with Crippen LogP contribution in [0.5, 0.6) is 0 Å². The number of halogens is 1. The maximum absolute atomic E-state index is 14.2. The summed E-state index contributed by atoms with van der Waals surface area (Å²) in [5, 5.41) is 34.8. The highest BCUT2D eigenvalue weighted by Gasteiger charge is 2.53. The van der Waals surface area contributed by atoms with E-state index in [2.05, 4.69) is 31.0 Å². The van der Waals surface area contributed by atoms with Gasteiger partial charge in [-0.25, -0.2) is 18.9 Å². The molecule has 2 aliphatic rings. The van der Waals surface area contributed by atoms with Crippen LogP contribution in [0, 0.1) is 0 Å². The van der Waals surface area contributed by atoms with Gasteiger partial charge in [-0.05, 0) is 52.0 Å². The number of hydrogen-bond acceptors (Lipinski definition) is 8. The molecule has 182 valence electrons. The summed E-state index contributed by atoms with van der Waals surface area (Å²) in [7, 11) is 0. The number of rotatable bonds is 9. The molecule has 0 aromatic carbocycles. The van der Waals surface area contributed by atoms with Crippen LogP contribution >= 0.6 is 0 Å². The second kappa shape index (κ2) is 8.44. The van der Waals surface area contributed by atoms with Crippen molar-refractivity contribution in [1.29, 1.82) is 0 Å². The van der Waals surface area contributed by atoms with Gasteiger partial charge >= 0.3 is 0 Å². The normalized spacial score (nSPS) is 25.1. The van der Waals surface area contributed by atoms with E-state index in [9.17, 15) is 14.6 Å². The van der Waals surface area contributed by atoms with Crippen LogP contribution in [0.25, 0.3) is 5.65 Å². The van der Waals surface area contributed by atoms with Crippen LogP contribution in [-0.2, 0) is 6.54 Å². The quantitative estimate of drug-likeness (QED) is 0.325. The van der Waals surface area contributed by atoms with Gasteiger partial charge in [-0.3, -0.25) is 0 Å². The molecule has 3 heterocycles. The first kappa shape index (κ1) is 22.9. The van der Waals surface area contributed by atoms with Gasteiger partial charge in [0.05, 0.1) is 17.4 Å². The zero-order valence-corrected chi connectivity index (χ0v) is 19.6. The third kappa shape index (κ3) is 4.70. The summed E-state index contributed by atoms with van der Waals surface area (Å²) in [6, 6.07) is 5.59. The number of aliphatic hydroxyl groups is 2. The molecule has 1 atom stereocenters. The molecule has 34 heavy (non-hydrogen) atoms. The van der Waals surface area contributed by atoms with Crippen LogP contribution in [0.15, 0.2) is 36.8 Å². The van der Waals surface area contributed by atoms with Gasteiger partial charge < -0.3 is 26.2 Å². The first-order valence-electron chi connectivity index (χ1n) is 11.8. The second-order valence-corrected chi connectivity index (χ2v) is 10.4. The smallest absolute Gasteiger partial charge is 0.157 e. The molecule has 0 amide bonds. The zero-order chi connectivity index (χ0) is 24.0. The highest BCUT2D eigenvalue weighted by molar-refractivity contribution is 5.63. The summed E-state index contributed by atoms with van der Waals surface area (Å²) in [5.74, 6) is 1.28. The van der Waals surface area contributed by atoms with Crippen LogP contribution in [-0.4, -0.2) is 59.3 Å². The first-order valence-corrected chi connectivity index (χ1v) is 11.8. The Morgan fingerprint density at radius 2 is 2.00 bits per heavy atom. The minimum atomic E-state index is -1.40. The molecule has 10 heteroatoms. The Kier molecular flexibility index (Phi) is 5.70. The van der Waals surface area contributed by atoms with Gasteiger partial charge in [0.1, 0.15) is 17.8 Å². The van der Waals surface area contributed by atoms with Gasteiger partial charge in [-0.15, -0.1) is 0 Å². The number of fused-ring (bicyclic) bond motifs is 3. The Labute approximate surface area is 197 Å². The molecule has 0 spiro atoms. The number of pyridine rings is 1. The minimum absolute atomic E-state index is 0.0309. The first-order chi connectivity index (χ1) is 16.1. The van der Waals surface area contributed by atoms with Crippen LogP contribution in [0.3, 0.4) is 0 Å². The highest BCUT2D eigenvalue weighted by Crippen LogP contribution is 2.52. The van der Waals surface area contributed by atoms with Crippen molar-refractivity contribution in [2.45, 2.75) is 75.4 Å². The molecule has 0 radical (unpaired) electrons. The molecule has 0 saturated heterocycles. The van der Waals surface area contributed by atoms with Gasteiger partial charge in [0, 0.05) is 54.4 Å². The van der Waals surface area contributed by atoms with Crippen LogP contribution in [0.2, 0.25) is 0 Å². The van der Waals surface area contributed by atoms with E-state index < -0.39 is 17.4 Å². The van der Waals surface area contributed by atoms with Crippen molar-refractivity contribution >= 4 is 23.0 Å². The molecule has 2 aliphatic carbocycles. The average molecular weight is 470 g/mol. The number of nitrogens with zero attached hydrogens (tertiary/aromatic N) is 4. The lowest BCUT2D eigenvalue weighted by molar-refractivity contribution is -0.00239. The zero-order valence-electron chi connectivity index (χ0n) is 19.6. The van der Waals surface area contributed by atoms with E-state index >= 15 is 0 Å². The third-order valence-corrected chi connectivity index (χ3v) is 7.11. The predicted molar refractivity (Wildman–Crippen MR) is 128 cm³/mol. The number of aromatic nitrogens is 4. The van der Waals surface area contributed by atoms with Gasteiger partial charge in [0.15, 0.2) is 5.65 Å². The Morgan fingerprint density at radius 3 is 2.71 bits per heavy atom. The topological polar surface area (TPSA) is 120 Å². The molecule has 3 aromatic rings. The molecule has 2 bridgehead atoms. The molecule has 2 saturated carbocycles. The van der Waals surface area contributed by atoms with E-state index in [1.54, 1.807) is 16.9 Å². The summed E-state index contributed by atoms with van der Waals surface area (Å²) in [6.07, 6.45) is 8.04. The van der Waals surface area contributed by atoms with E-state index in [1.807, 2.05) is 24.4 Å². The lowest BCUT2D eigenvalue weighted by Gasteiger charge is -2.30. The third-order valence-electron chi connectivity index (χ3n) is 7.11. The summed E-state index contributed by atoms with van der Waals surface area (Å²) in [5.41, 5.74) is 0.391. The van der Waals surface area contributed by atoms with E-state index in [-0.39, 0.29) is 12.1 Å². The van der Waals surface area contributed by atoms with Crippen molar-refractivity contribution in [2.75, 3.05) is 17.2 Å². The summed E-state index contributed by atoms with van der Waals surface area (Å²) in [6.45, 7) is 3.35. The van der Waals surface area contributed by atoms with E-state index in [4.69, 9.17) is 0 Å². The van der Waals surface area contributed by atoms with Gasteiger partial charge in [0.2, 0.25) is 0 Å². The maximum atomic E-state index is 14.2. The maximum Gasteiger partial charge on any atom is 0.157 e. The molecule has 5 N–H and O–H groups in total. The van der Waals surface area contributed by atoms with Crippen LogP contribution in [0.4, 0.5) is 21.7 Å². The second-order valence-electron chi connectivity index (χ2n) is 10.4. The Balaban J connectivity index is 1.36. The van der Waals surface area contributed by atoms with Gasteiger partial charge in [0.25, 0.3) is 0 Å². The summed E-state index contributed by atoms with van der Waals surface area (Å²) < 4.78 is 15.9. The van der Waals surface area contributed by atoms with Gasteiger partial charge in [-0.2, -0.15) is 5.10 Å². The van der Waals surface area contributed by atoms with Crippen molar-refractivity contribution in [3.8, 4) is 0 Å². The average Bonchev–Trinajstić information content (AvgIpc) is 3.46. The summed E-state index contributed by atoms with van der Waals surface area (Å²) >= 11 is 0. The monoisotopic (exact) mass is 469 g/mol. The SMILES string of the molecule is CC(C)(O)C(F)CNCc1cnc(Nc2ccn3nccc3n2)cc1NC12CCC(O)(CC1)C2. The fraction of sp³-hybridized carbons (Fsp3) is 0.542. The Hall–Kier alpha value is -2.82. The Bertz CT molecular complexity index is 1170. The van der Waals surface area contributed by atoms with Crippen molar-refractivity contribution < 1.29 is 14.6 Å². The number of anilines is 3. The molecule has 5 rings (SSSR count). The van der Waals surface area contributed by atoms with E-state index in [0.29, 0.717) is 18.2 Å². The lowest BCUT2D eigenvalue weighted by Crippen LogP contribution is -2.40. The molecule has 3 aromatic heterocycles. The van der Waals surface area contributed by atoms with Crippen LogP contribution in [0.1, 0.15) is 51.5 Å². The molecule has 1 unspecified atom stereocenters. The standard InChI is InChI=1S/C24H32FN7O2/c1-22(2,33)18(25)14-26-12-16-13-27-20(29-19-4-10-32-21(30-19)3-9-28-32)11-17(16)31-23-5-7-24(34,15-23)8-6-23/h3-4,9-11,13,18,26,33-34H,5-8,12,14-15H2,1-2H3,(H2,27,29,30,31). The summed E-state index contributed by atoms with van der Waals surface area (Å²) in [4.78, 5) is 9.09. The number of nitrogens with one attached hydrogen (secondary N) is 3. The predicted octanol–water partition coefficient (Wildman–Crippen LogP) is 2.93. The fourth-order valence-corrected chi connectivity index (χ4v) is 5.04. The van der Waals surface area contributed by atoms with Crippen molar-refractivity contribution in [3.63, 3.8) is 0 Å². The van der Waals surface area contributed by atoms with Crippen molar-refractivity contribution in [1.82, 2.24) is 24.9 Å². The fourth-order valence-electron chi connectivity index (χ4n) is 5.04. The molecule has 0 aliphatic heterocycles. The lowest BCUT2D eigenvalue weighted by atomic mass is 9.92. The van der Waals surface area contributed by atoms with Gasteiger partial charge in [-0.1, -0.05) is 0 Å². The minimum Gasteiger partial charge on any atom is -0.390 e. The van der Waals surface area contributed by atoms with Crippen molar-refractivity contribution in [2.24, 2.45) is 0 Å².